The number of nitrogens with zero attached hydrogens (tertiary/aromatic N) is 4. The Morgan fingerprint density at radius 1 is 1.16 bits per heavy atom. The van der Waals surface area contributed by atoms with Crippen LogP contribution in [0.4, 0.5) is 0 Å². The number of rotatable bonds is 10. The topological polar surface area (TPSA) is 74.1 Å². The maximum Gasteiger partial charge on any atom is 0.209 e. The van der Waals surface area contributed by atoms with Crippen molar-refractivity contribution < 1.29 is 9.47 Å². The van der Waals surface area contributed by atoms with Crippen molar-refractivity contribution in [3.63, 3.8) is 0 Å². The van der Waals surface area contributed by atoms with Crippen molar-refractivity contribution in [2.45, 2.75) is 18.3 Å². The summed E-state index contributed by atoms with van der Waals surface area (Å²) in [5.74, 6) is 2.15. The molecule has 7 nitrogen and oxygen atoms in total. The normalized spacial score (nSPS) is 10.6. The van der Waals surface area contributed by atoms with E-state index in [9.17, 15) is 0 Å². The van der Waals surface area contributed by atoms with Crippen LogP contribution in [0.1, 0.15) is 11.1 Å². The highest BCUT2D eigenvalue weighted by Gasteiger charge is 2.13. The van der Waals surface area contributed by atoms with Gasteiger partial charge in [0.15, 0.2) is 11.5 Å². The van der Waals surface area contributed by atoms with Crippen LogP contribution in [0.15, 0.2) is 40.0 Å². The van der Waals surface area contributed by atoms with E-state index < -0.39 is 0 Å². The first-order chi connectivity index (χ1) is 14.5. The standard InChI is InChI=1S/C19H20BrCl2N5O2S.ClH/c1-27-19(24-25-26-27)30-6-5-23-10-13-7-14(20)18(17(9-13)28-2)29-11-12-3-4-15(21)16(22)8-12;/h3-4,7-9,23H,5-6,10-11H2,1-2H3;1H. The number of aryl methyl sites for hydroxylation is 1. The summed E-state index contributed by atoms with van der Waals surface area (Å²) in [6.07, 6.45) is 0. The zero-order valence-corrected chi connectivity index (χ0v) is 21.5. The number of benzene rings is 2. The van der Waals surface area contributed by atoms with Crippen LogP contribution in [-0.4, -0.2) is 39.6 Å². The van der Waals surface area contributed by atoms with E-state index in [-0.39, 0.29) is 12.4 Å². The third-order valence-electron chi connectivity index (χ3n) is 4.08. The minimum Gasteiger partial charge on any atom is -0.493 e. The molecule has 12 heteroatoms. The summed E-state index contributed by atoms with van der Waals surface area (Å²) in [7, 11) is 3.45. The second-order valence-electron chi connectivity index (χ2n) is 6.26. The Morgan fingerprint density at radius 3 is 2.65 bits per heavy atom. The molecule has 0 aliphatic rings. The predicted octanol–water partition coefficient (Wildman–Crippen LogP) is 5.17. The Hall–Kier alpha value is -1.23. The van der Waals surface area contributed by atoms with Gasteiger partial charge in [-0.3, -0.25) is 0 Å². The minimum atomic E-state index is 0. The van der Waals surface area contributed by atoms with E-state index in [1.54, 1.807) is 35.7 Å². The van der Waals surface area contributed by atoms with Crippen LogP contribution in [-0.2, 0) is 20.2 Å². The molecule has 1 aromatic heterocycles. The molecule has 0 radical (unpaired) electrons. The van der Waals surface area contributed by atoms with Gasteiger partial charge in [-0.2, -0.15) is 0 Å². The van der Waals surface area contributed by atoms with Crippen LogP contribution in [0.3, 0.4) is 0 Å². The number of hydrogen-bond donors (Lipinski definition) is 1. The van der Waals surface area contributed by atoms with Crippen LogP contribution >= 0.6 is 63.3 Å². The quantitative estimate of drug-likeness (QED) is 0.267. The van der Waals surface area contributed by atoms with Gasteiger partial charge in [-0.1, -0.05) is 41.0 Å². The van der Waals surface area contributed by atoms with Gasteiger partial charge in [0.05, 0.1) is 21.6 Å². The molecule has 1 N–H and O–H groups in total. The molecule has 3 rings (SSSR count). The van der Waals surface area contributed by atoms with Gasteiger partial charge in [-0.25, -0.2) is 4.68 Å². The Bertz CT molecular complexity index is 1010. The lowest BCUT2D eigenvalue weighted by Crippen LogP contribution is -2.17. The number of thioether (sulfide) groups is 1. The van der Waals surface area contributed by atoms with Crippen molar-refractivity contribution in [2.24, 2.45) is 7.05 Å². The van der Waals surface area contributed by atoms with Gasteiger partial charge in [0, 0.05) is 25.9 Å². The Kier molecular flexibility index (Phi) is 10.7. The molecule has 1 heterocycles. The average Bonchev–Trinajstić information content (AvgIpc) is 3.13. The van der Waals surface area contributed by atoms with E-state index in [1.807, 2.05) is 25.2 Å². The van der Waals surface area contributed by atoms with Crippen LogP contribution in [0.2, 0.25) is 10.0 Å². The smallest absolute Gasteiger partial charge is 0.209 e. The van der Waals surface area contributed by atoms with Crippen molar-refractivity contribution in [3.05, 3.63) is 56.0 Å². The molecule has 0 unspecified atom stereocenters. The Balaban J connectivity index is 0.00000341. The first-order valence-corrected chi connectivity index (χ1v) is 11.5. The van der Waals surface area contributed by atoms with Gasteiger partial charge in [0.25, 0.3) is 0 Å². The monoisotopic (exact) mass is 567 g/mol. The van der Waals surface area contributed by atoms with Crippen molar-refractivity contribution in [1.29, 1.82) is 0 Å². The highest BCUT2D eigenvalue weighted by molar-refractivity contribution is 9.10. The number of tetrazole rings is 1. The molecule has 0 atom stereocenters. The lowest BCUT2D eigenvalue weighted by Gasteiger charge is -2.15. The van der Waals surface area contributed by atoms with E-state index in [1.165, 1.54) is 0 Å². The molecule has 0 fully saturated rings. The molecule has 0 aliphatic heterocycles. The third-order valence-corrected chi connectivity index (χ3v) is 6.42. The van der Waals surface area contributed by atoms with Gasteiger partial charge in [-0.05, 0) is 61.7 Å². The average molecular weight is 570 g/mol. The van der Waals surface area contributed by atoms with Gasteiger partial charge < -0.3 is 14.8 Å². The van der Waals surface area contributed by atoms with Gasteiger partial charge in [0.2, 0.25) is 5.16 Å². The molecule has 0 bridgehead atoms. The summed E-state index contributed by atoms with van der Waals surface area (Å²) in [6, 6.07) is 9.39. The zero-order valence-electron chi connectivity index (χ0n) is 16.8. The molecular formula is C19H21BrCl3N5O2S. The van der Waals surface area contributed by atoms with E-state index in [2.05, 4.69) is 36.8 Å². The van der Waals surface area contributed by atoms with Crippen molar-refractivity contribution >= 4 is 63.3 Å². The highest BCUT2D eigenvalue weighted by atomic mass is 79.9. The van der Waals surface area contributed by atoms with E-state index in [0.29, 0.717) is 34.7 Å². The summed E-state index contributed by atoms with van der Waals surface area (Å²) in [6.45, 7) is 1.85. The minimum absolute atomic E-state index is 0. The molecule has 2 aromatic carbocycles. The highest BCUT2D eigenvalue weighted by Crippen LogP contribution is 2.37. The predicted molar refractivity (Wildman–Crippen MR) is 130 cm³/mol. The lowest BCUT2D eigenvalue weighted by atomic mass is 10.2. The fourth-order valence-electron chi connectivity index (χ4n) is 2.59. The molecular weight excluding hydrogens is 549 g/mol. The number of ether oxygens (including phenoxy) is 2. The van der Waals surface area contributed by atoms with E-state index in [4.69, 9.17) is 32.7 Å². The zero-order chi connectivity index (χ0) is 21.5. The van der Waals surface area contributed by atoms with Gasteiger partial charge >= 0.3 is 0 Å². The van der Waals surface area contributed by atoms with Crippen LogP contribution in [0.5, 0.6) is 11.5 Å². The fourth-order valence-corrected chi connectivity index (χ4v) is 4.26. The second-order valence-corrected chi connectivity index (χ2v) is 8.99. The Morgan fingerprint density at radius 2 is 1.97 bits per heavy atom. The maximum atomic E-state index is 6.07. The van der Waals surface area contributed by atoms with Crippen molar-refractivity contribution in [1.82, 2.24) is 25.5 Å². The molecule has 3 aromatic rings. The first kappa shape index (κ1) is 26.0. The van der Waals surface area contributed by atoms with Crippen LogP contribution < -0.4 is 14.8 Å². The Labute approximate surface area is 209 Å². The first-order valence-electron chi connectivity index (χ1n) is 8.97. The molecule has 0 amide bonds. The van der Waals surface area contributed by atoms with Crippen LogP contribution in [0.25, 0.3) is 0 Å². The number of nitrogens with one attached hydrogen (secondary N) is 1. The summed E-state index contributed by atoms with van der Waals surface area (Å²) in [4.78, 5) is 0. The number of methoxy groups -OCH3 is 1. The SMILES string of the molecule is COc1cc(CNCCSc2nnnn2C)cc(Br)c1OCc1ccc(Cl)c(Cl)c1.Cl. The molecule has 0 spiro atoms. The largest absolute Gasteiger partial charge is 0.493 e. The van der Waals surface area contributed by atoms with Gasteiger partial charge in [-0.15, -0.1) is 17.5 Å². The fraction of sp³-hybridized carbons (Fsp3) is 0.316. The maximum absolute atomic E-state index is 6.07. The number of hydrogen-bond acceptors (Lipinski definition) is 7. The molecule has 0 saturated carbocycles. The van der Waals surface area contributed by atoms with Crippen LogP contribution in [0, 0.1) is 0 Å². The summed E-state index contributed by atoms with van der Waals surface area (Å²) in [5, 5.41) is 16.6. The van der Waals surface area contributed by atoms with Crippen molar-refractivity contribution in [3.8, 4) is 11.5 Å². The lowest BCUT2D eigenvalue weighted by molar-refractivity contribution is 0.282. The van der Waals surface area contributed by atoms with Gasteiger partial charge in [0.1, 0.15) is 6.61 Å². The number of aromatic nitrogens is 4. The molecule has 0 aliphatic carbocycles. The van der Waals surface area contributed by atoms with E-state index in [0.717, 1.165) is 33.1 Å². The third kappa shape index (κ3) is 7.40. The second kappa shape index (κ2) is 12.7. The van der Waals surface area contributed by atoms with E-state index >= 15 is 0 Å². The molecule has 31 heavy (non-hydrogen) atoms. The summed E-state index contributed by atoms with van der Waals surface area (Å²) in [5.41, 5.74) is 1.99. The molecule has 168 valence electrons. The molecule has 0 saturated heterocycles. The summed E-state index contributed by atoms with van der Waals surface area (Å²) < 4.78 is 14.0. The summed E-state index contributed by atoms with van der Waals surface area (Å²) >= 11 is 17.2. The van der Waals surface area contributed by atoms with Crippen molar-refractivity contribution in [2.75, 3.05) is 19.4 Å². The number of halogens is 4.